The van der Waals surface area contributed by atoms with Gasteiger partial charge in [0, 0.05) is 26.3 Å². The molecular weight excluding hydrogens is 296 g/mol. The first-order valence-electron chi connectivity index (χ1n) is 8.10. The van der Waals surface area contributed by atoms with Gasteiger partial charge in [0.2, 0.25) is 0 Å². The van der Waals surface area contributed by atoms with Crippen LogP contribution < -0.4 is 10.2 Å². The SMILES string of the molecule is CC(C)C1OCCCC1Nc1cc(N(C)CCC(=O)O)ncn1. The Balaban J connectivity index is 2.02. The molecule has 0 aromatic carbocycles. The van der Waals surface area contributed by atoms with Gasteiger partial charge in [0.25, 0.3) is 0 Å². The van der Waals surface area contributed by atoms with E-state index in [9.17, 15) is 4.79 Å². The molecule has 1 aromatic rings. The third-order valence-corrected chi connectivity index (χ3v) is 4.06. The highest BCUT2D eigenvalue weighted by atomic mass is 16.5. The highest BCUT2D eigenvalue weighted by Crippen LogP contribution is 2.24. The zero-order chi connectivity index (χ0) is 16.8. The lowest BCUT2D eigenvalue weighted by atomic mass is 9.94. The maximum atomic E-state index is 10.7. The van der Waals surface area contributed by atoms with E-state index >= 15 is 0 Å². The average Bonchev–Trinajstić information content (AvgIpc) is 2.53. The third-order valence-electron chi connectivity index (χ3n) is 4.06. The van der Waals surface area contributed by atoms with Crippen molar-refractivity contribution in [3.8, 4) is 0 Å². The zero-order valence-corrected chi connectivity index (χ0v) is 14.0. The number of ether oxygens (including phenoxy) is 1. The summed E-state index contributed by atoms with van der Waals surface area (Å²) in [4.78, 5) is 21.0. The Hall–Kier alpha value is -1.89. The standard InChI is InChI=1S/C16H26N4O3/c1-11(2)16-12(5-4-8-23-16)19-13-9-14(18-10-17-13)20(3)7-6-15(21)22/h9-12,16H,4-8H2,1-3H3,(H,21,22)(H,17,18,19). The van der Waals surface area contributed by atoms with Crippen LogP contribution in [0.15, 0.2) is 12.4 Å². The quantitative estimate of drug-likeness (QED) is 0.794. The average molecular weight is 322 g/mol. The Bertz CT molecular complexity index is 524. The van der Waals surface area contributed by atoms with E-state index in [0.29, 0.717) is 18.3 Å². The van der Waals surface area contributed by atoms with Crippen LogP contribution in [0, 0.1) is 5.92 Å². The first kappa shape index (κ1) is 17.5. The van der Waals surface area contributed by atoms with Gasteiger partial charge >= 0.3 is 5.97 Å². The highest BCUT2D eigenvalue weighted by Gasteiger charge is 2.28. The van der Waals surface area contributed by atoms with Crippen molar-refractivity contribution in [3.63, 3.8) is 0 Å². The molecule has 1 fully saturated rings. The molecule has 7 heteroatoms. The van der Waals surface area contributed by atoms with Gasteiger partial charge in [-0.3, -0.25) is 4.79 Å². The molecule has 1 aliphatic heterocycles. The number of hydrogen-bond donors (Lipinski definition) is 2. The van der Waals surface area contributed by atoms with Crippen molar-refractivity contribution < 1.29 is 14.6 Å². The number of carboxylic acid groups (broad SMARTS) is 1. The summed E-state index contributed by atoms with van der Waals surface area (Å²) in [7, 11) is 1.83. The van der Waals surface area contributed by atoms with E-state index in [-0.39, 0.29) is 18.6 Å². The fourth-order valence-electron chi connectivity index (χ4n) is 2.82. The van der Waals surface area contributed by atoms with E-state index < -0.39 is 5.97 Å². The molecule has 7 nitrogen and oxygen atoms in total. The summed E-state index contributed by atoms with van der Waals surface area (Å²) in [6.07, 6.45) is 3.85. The number of carbonyl (C=O) groups is 1. The number of aromatic nitrogens is 2. The van der Waals surface area contributed by atoms with Gasteiger partial charge in [0.15, 0.2) is 0 Å². The predicted octanol–water partition coefficient (Wildman–Crippen LogP) is 2.00. The Morgan fingerprint density at radius 2 is 2.30 bits per heavy atom. The minimum atomic E-state index is -0.816. The minimum Gasteiger partial charge on any atom is -0.481 e. The minimum absolute atomic E-state index is 0.0785. The molecule has 128 valence electrons. The van der Waals surface area contributed by atoms with Crippen molar-refractivity contribution in [1.29, 1.82) is 0 Å². The molecule has 2 atom stereocenters. The van der Waals surface area contributed by atoms with Gasteiger partial charge in [-0.2, -0.15) is 0 Å². The second kappa shape index (κ2) is 8.10. The fraction of sp³-hybridized carbons (Fsp3) is 0.688. The summed E-state index contributed by atoms with van der Waals surface area (Å²) in [6.45, 7) is 5.55. The number of nitrogens with zero attached hydrogens (tertiary/aromatic N) is 3. The van der Waals surface area contributed by atoms with Crippen molar-refractivity contribution in [2.24, 2.45) is 5.92 Å². The van der Waals surface area contributed by atoms with Crippen molar-refractivity contribution in [2.75, 3.05) is 30.4 Å². The molecule has 0 amide bonds. The van der Waals surface area contributed by atoms with E-state index in [4.69, 9.17) is 9.84 Å². The van der Waals surface area contributed by atoms with E-state index in [1.165, 1.54) is 6.33 Å². The second-order valence-corrected chi connectivity index (χ2v) is 6.30. The molecule has 1 aliphatic rings. The van der Waals surface area contributed by atoms with Crippen LogP contribution in [0.1, 0.15) is 33.1 Å². The topological polar surface area (TPSA) is 87.6 Å². The number of carboxylic acids is 1. The predicted molar refractivity (Wildman–Crippen MR) is 88.8 cm³/mol. The number of hydrogen-bond acceptors (Lipinski definition) is 6. The molecule has 0 aliphatic carbocycles. The molecule has 2 heterocycles. The summed E-state index contributed by atoms with van der Waals surface area (Å²) < 4.78 is 5.89. The molecule has 2 N–H and O–H groups in total. The van der Waals surface area contributed by atoms with Gasteiger partial charge in [-0.05, 0) is 18.8 Å². The van der Waals surface area contributed by atoms with Crippen molar-refractivity contribution >= 4 is 17.6 Å². The molecule has 0 saturated carbocycles. The molecule has 1 aromatic heterocycles. The van der Waals surface area contributed by atoms with E-state index in [1.54, 1.807) is 0 Å². The van der Waals surface area contributed by atoms with Crippen LogP contribution in [0.25, 0.3) is 0 Å². The molecule has 0 bridgehead atoms. The molecule has 23 heavy (non-hydrogen) atoms. The van der Waals surface area contributed by atoms with Gasteiger partial charge < -0.3 is 20.1 Å². The molecule has 1 saturated heterocycles. The lowest BCUT2D eigenvalue weighted by Gasteiger charge is -2.35. The van der Waals surface area contributed by atoms with Gasteiger partial charge in [-0.1, -0.05) is 13.8 Å². The van der Waals surface area contributed by atoms with Crippen LogP contribution >= 0.6 is 0 Å². The summed E-state index contributed by atoms with van der Waals surface area (Å²) >= 11 is 0. The van der Waals surface area contributed by atoms with Crippen LogP contribution in [0.4, 0.5) is 11.6 Å². The monoisotopic (exact) mass is 322 g/mol. The van der Waals surface area contributed by atoms with E-state index in [2.05, 4.69) is 29.1 Å². The summed E-state index contributed by atoms with van der Waals surface area (Å²) in [6, 6.07) is 2.09. The first-order valence-corrected chi connectivity index (χ1v) is 8.10. The molecule has 2 rings (SSSR count). The normalized spacial score (nSPS) is 21.2. The maximum absolute atomic E-state index is 10.7. The number of nitrogens with one attached hydrogen (secondary N) is 1. The lowest BCUT2D eigenvalue weighted by molar-refractivity contribution is -0.136. The Morgan fingerprint density at radius 1 is 1.52 bits per heavy atom. The van der Waals surface area contributed by atoms with Crippen molar-refractivity contribution in [2.45, 2.75) is 45.3 Å². The Labute approximate surface area is 137 Å². The molecule has 0 spiro atoms. The number of rotatable bonds is 7. The largest absolute Gasteiger partial charge is 0.481 e. The van der Waals surface area contributed by atoms with Crippen LogP contribution in [0.3, 0.4) is 0 Å². The lowest BCUT2D eigenvalue weighted by Crippen LogP contribution is -2.43. The third kappa shape index (κ3) is 5.06. The van der Waals surface area contributed by atoms with Gasteiger partial charge in [0.05, 0.1) is 18.6 Å². The first-order chi connectivity index (χ1) is 11.0. The van der Waals surface area contributed by atoms with Gasteiger partial charge in [0.1, 0.15) is 18.0 Å². The van der Waals surface area contributed by atoms with Crippen molar-refractivity contribution in [1.82, 2.24) is 9.97 Å². The Morgan fingerprint density at radius 3 is 3.00 bits per heavy atom. The molecular formula is C16H26N4O3. The van der Waals surface area contributed by atoms with Crippen LogP contribution in [-0.2, 0) is 9.53 Å². The van der Waals surface area contributed by atoms with Crippen LogP contribution in [-0.4, -0.2) is 53.4 Å². The summed E-state index contributed by atoms with van der Waals surface area (Å²) in [5, 5.41) is 12.2. The summed E-state index contributed by atoms with van der Waals surface area (Å²) in [5.41, 5.74) is 0. The van der Waals surface area contributed by atoms with Gasteiger partial charge in [-0.15, -0.1) is 0 Å². The van der Waals surface area contributed by atoms with Gasteiger partial charge in [-0.25, -0.2) is 9.97 Å². The fourth-order valence-corrected chi connectivity index (χ4v) is 2.82. The summed E-state index contributed by atoms with van der Waals surface area (Å²) in [5.74, 6) is 1.08. The Kier molecular flexibility index (Phi) is 6.15. The number of anilines is 2. The maximum Gasteiger partial charge on any atom is 0.305 e. The van der Waals surface area contributed by atoms with Crippen LogP contribution in [0.5, 0.6) is 0 Å². The smallest absolute Gasteiger partial charge is 0.305 e. The zero-order valence-electron chi connectivity index (χ0n) is 14.0. The van der Waals surface area contributed by atoms with Crippen molar-refractivity contribution in [3.05, 3.63) is 12.4 Å². The second-order valence-electron chi connectivity index (χ2n) is 6.30. The highest BCUT2D eigenvalue weighted by molar-refractivity contribution is 5.67. The number of aliphatic carboxylic acids is 1. The molecule has 2 unspecified atom stereocenters. The van der Waals surface area contributed by atoms with Crippen LogP contribution in [0.2, 0.25) is 0 Å². The van der Waals surface area contributed by atoms with E-state index in [0.717, 1.165) is 25.3 Å². The molecule has 0 radical (unpaired) electrons. The van der Waals surface area contributed by atoms with E-state index in [1.807, 2.05) is 18.0 Å².